The highest BCUT2D eigenvalue weighted by molar-refractivity contribution is 7.90. The highest BCUT2D eigenvalue weighted by atomic mass is 32.2. The largest absolute Gasteiger partial charge is 0.309 e. The third kappa shape index (κ3) is 3.92. The van der Waals surface area contributed by atoms with Crippen molar-refractivity contribution in [1.82, 2.24) is 10.2 Å². The molecule has 1 saturated carbocycles. The summed E-state index contributed by atoms with van der Waals surface area (Å²) in [4.78, 5) is 2.53. The quantitative estimate of drug-likeness (QED) is 0.828. The van der Waals surface area contributed by atoms with E-state index in [-0.39, 0.29) is 11.1 Å². The molecule has 2 aliphatic rings. The Balaban J connectivity index is 1.99. The Hall–Kier alpha value is -0.130. The SMILES string of the molecule is CC1(C)CN(CCCS(C)(=O)=O)C(C)(C2CC2)CN1. The molecule has 0 bridgehead atoms. The molecule has 1 aliphatic carbocycles. The Morgan fingerprint density at radius 2 is 1.89 bits per heavy atom. The minimum Gasteiger partial charge on any atom is -0.309 e. The van der Waals surface area contributed by atoms with Crippen LogP contribution in [0, 0.1) is 5.92 Å². The van der Waals surface area contributed by atoms with Crippen LogP contribution < -0.4 is 5.32 Å². The van der Waals surface area contributed by atoms with E-state index in [1.54, 1.807) is 0 Å². The lowest BCUT2D eigenvalue weighted by molar-refractivity contribution is 0.0122. The summed E-state index contributed by atoms with van der Waals surface area (Å²) in [6, 6.07) is 0. The zero-order valence-electron chi connectivity index (χ0n) is 12.7. The van der Waals surface area contributed by atoms with E-state index in [0.29, 0.717) is 5.75 Å². The van der Waals surface area contributed by atoms with E-state index in [1.807, 2.05) is 0 Å². The van der Waals surface area contributed by atoms with Crippen molar-refractivity contribution in [2.24, 2.45) is 5.92 Å². The summed E-state index contributed by atoms with van der Waals surface area (Å²) in [6.45, 7) is 9.71. The first kappa shape index (κ1) is 15.3. The normalized spacial score (nSPS) is 32.4. The second kappa shape index (κ2) is 5.01. The standard InChI is InChI=1S/C14H28N2O2S/c1-13(2)11-16(8-5-9-19(4,17)18)14(3,10-15-13)12-6-7-12/h12,15H,5-11H2,1-4H3. The van der Waals surface area contributed by atoms with Crippen LogP contribution in [0.25, 0.3) is 0 Å². The van der Waals surface area contributed by atoms with Gasteiger partial charge in [-0.25, -0.2) is 8.42 Å². The fraction of sp³-hybridized carbons (Fsp3) is 1.00. The maximum absolute atomic E-state index is 11.3. The number of sulfone groups is 1. The van der Waals surface area contributed by atoms with Crippen LogP contribution in [-0.4, -0.2) is 56.0 Å². The third-order valence-corrected chi connectivity index (χ3v) is 5.66. The summed E-state index contributed by atoms with van der Waals surface area (Å²) in [5.41, 5.74) is 0.340. The molecule has 112 valence electrons. The maximum atomic E-state index is 11.3. The van der Waals surface area contributed by atoms with Crippen molar-refractivity contribution < 1.29 is 8.42 Å². The van der Waals surface area contributed by atoms with Gasteiger partial charge < -0.3 is 5.32 Å². The van der Waals surface area contributed by atoms with Gasteiger partial charge in [-0.05, 0) is 52.5 Å². The van der Waals surface area contributed by atoms with E-state index in [2.05, 4.69) is 31.0 Å². The fourth-order valence-electron chi connectivity index (χ4n) is 3.20. The third-order valence-electron chi connectivity index (χ3n) is 4.63. The predicted molar refractivity (Wildman–Crippen MR) is 79.1 cm³/mol. The molecule has 1 aliphatic heterocycles. The Kier molecular flexibility index (Phi) is 4.02. The molecule has 1 N–H and O–H groups in total. The molecule has 0 radical (unpaired) electrons. The first-order chi connectivity index (χ1) is 8.62. The van der Waals surface area contributed by atoms with Crippen LogP contribution in [0.1, 0.15) is 40.0 Å². The van der Waals surface area contributed by atoms with E-state index >= 15 is 0 Å². The molecule has 2 fully saturated rings. The van der Waals surface area contributed by atoms with Crippen LogP contribution >= 0.6 is 0 Å². The lowest BCUT2D eigenvalue weighted by atomic mass is 9.86. The minimum absolute atomic E-state index is 0.124. The van der Waals surface area contributed by atoms with Gasteiger partial charge in [-0.1, -0.05) is 0 Å². The smallest absolute Gasteiger partial charge is 0.147 e. The highest BCUT2D eigenvalue weighted by Crippen LogP contribution is 2.44. The Labute approximate surface area is 117 Å². The van der Waals surface area contributed by atoms with Crippen molar-refractivity contribution in [2.75, 3.05) is 31.6 Å². The number of piperazine rings is 1. The second-order valence-corrected chi connectivity index (χ2v) is 9.53. The fourth-order valence-corrected chi connectivity index (χ4v) is 3.86. The highest BCUT2D eigenvalue weighted by Gasteiger charge is 2.49. The summed E-state index contributed by atoms with van der Waals surface area (Å²) in [6.07, 6.45) is 4.72. The zero-order chi connectivity index (χ0) is 14.3. The molecule has 19 heavy (non-hydrogen) atoms. The van der Waals surface area contributed by atoms with Gasteiger partial charge in [0.05, 0.1) is 5.75 Å². The first-order valence-corrected chi connectivity index (χ1v) is 9.36. The average Bonchev–Trinajstić information content (AvgIpc) is 3.05. The summed E-state index contributed by atoms with van der Waals surface area (Å²) in [5, 5.41) is 3.65. The molecular formula is C14H28N2O2S. The monoisotopic (exact) mass is 288 g/mol. The lowest BCUT2D eigenvalue weighted by Crippen LogP contribution is -2.68. The number of nitrogens with one attached hydrogen (secondary N) is 1. The van der Waals surface area contributed by atoms with Gasteiger partial charge in [0.25, 0.3) is 0 Å². The summed E-state index contributed by atoms with van der Waals surface area (Å²) < 4.78 is 22.6. The van der Waals surface area contributed by atoms with Crippen LogP contribution in [0.3, 0.4) is 0 Å². The molecular weight excluding hydrogens is 260 g/mol. The van der Waals surface area contributed by atoms with Gasteiger partial charge in [0.15, 0.2) is 0 Å². The zero-order valence-corrected chi connectivity index (χ0v) is 13.5. The molecule has 0 spiro atoms. The molecule has 0 aromatic heterocycles. The van der Waals surface area contributed by atoms with Crippen LogP contribution in [0.4, 0.5) is 0 Å². The molecule has 1 saturated heterocycles. The molecule has 0 amide bonds. The van der Waals surface area contributed by atoms with E-state index in [9.17, 15) is 8.42 Å². The first-order valence-electron chi connectivity index (χ1n) is 7.30. The van der Waals surface area contributed by atoms with Gasteiger partial charge >= 0.3 is 0 Å². The van der Waals surface area contributed by atoms with Crippen LogP contribution in [0.15, 0.2) is 0 Å². The van der Waals surface area contributed by atoms with Gasteiger partial charge in [-0.2, -0.15) is 0 Å². The van der Waals surface area contributed by atoms with Crippen LogP contribution in [0.2, 0.25) is 0 Å². The molecule has 1 heterocycles. The number of hydrogen-bond acceptors (Lipinski definition) is 4. The van der Waals surface area contributed by atoms with Crippen molar-refractivity contribution in [2.45, 2.75) is 51.1 Å². The Morgan fingerprint density at radius 1 is 1.26 bits per heavy atom. The molecule has 2 rings (SSSR count). The summed E-state index contributed by atoms with van der Waals surface area (Å²) in [5.74, 6) is 1.09. The minimum atomic E-state index is -2.84. The van der Waals surface area contributed by atoms with Crippen molar-refractivity contribution in [3.63, 3.8) is 0 Å². The number of nitrogens with zero attached hydrogens (tertiary/aromatic N) is 1. The number of hydrogen-bond donors (Lipinski definition) is 1. The van der Waals surface area contributed by atoms with Crippen molar-refractivity contribution in [1.29, 1.82) is 0 Å². The van der Waals surface area contributed by atoms with E-state index in [1.165, 1.54) is 19.1 Å². The van der Waals surface area contributed by atoms with Crippen LogP contribution in [0.5, 0.6) is 0 Å². The van der Waals surface area contributed by atoms with Crippen molar-refractivity contribution >= 4 is 9.84 Å². The predicted octanol–water partition coefficient (Wildman–Crippen LogP) is 1.27. The van der Waals surface area contributed by atoms with Gasteiger partial charge in [-0.3, -0.25) is 4.90 Å². The van der Waals surface area contributed by atoms with Gasteiger partial charge in [-0.15, -0.1) is 0 Å². The van der Waals surface area contributed by atoms with Gasteiger partial charge in [0.2, 0.25) is 0 Å². The van der Waals surface area contributed by atoms with Gasteiger partial charge in [0, 0.05) is 30.4 Å². The molecule has 0 aromatic rings. The molecule has 0 aromatic carbocycles. The maximum Gasteiger partial charge on any atom is 0.147 e. The topological polar surface area (TPSA) is 49.4 Å². The second-order valence-electron chi connectivity index (χ2n) is 7.27. The van der Waals surface area contributed by atoms with E-state index in [0.717, 1.165) is 32.0 Å². The lowest BCUT2D eigenvalue weighted by Gasteiger charge is -2.52. The van der Waals surface area contributed by atoms with Crippen molar-refractivity contribution in [3.8, 4) is 0 Å². The number of rotatable bonds is 5. The van der Waals surface area contributed by atoms with E-state index in [4.69, 9.17) is 0 Å². The Bertz CT molecular complexity index is 429. The summed E-state index contributed by atoms with van der Waals surface area (Å²) >= 11 is 0. The van der Waals surface area contributed by atoms with Gasteiger partial charge in [0.1, 0.15) is 9.84 Å². The molecule has 1 unspecified atom stereocenters. The van der Waals surface area contributed by atoms with E-state index < -0.39 is 9.84 Å². The molecule has 4 nitrogen and oxygen atoms in total. The summed E-state index contributed by atoms with van der Waals surface area (Å²) in [7, 11) is -2.84. The molecule has 5 heteroatoms. The van der Waals surface area contributed by atoms with Crippen LogP contribution in [-0.2, 0) is 9.84 Å². The Morgan fingerprint density at radius 3 is 2.42 bits per heavy atom. The average molecular weight is 288 g/mol. The van der Waals surface area contributed by atoms with Crippen molar-refractivity contribution in [3.05, 3.63) is 0 Å². The molecule has 1 atom stereocenters.